The molecule has 4 heteroatoms. The molecule has 3 nitrogen and oxygen atoms in total. The molecule has 0 bridgehead atoms. The standard InChI is InChI=1S/C5H10O3S/c1-7-5(6)2-3-8-4-9/h9H,2-4H2,1H3. The predicted molar refractivity (Wildman–Crippen MR) is 36.4 cm³/mol. The van der Waals surface area contributed by atoms with E-state index in [0.717, 1.165) is 0 Å². The second-order valence-corrected chi connectivity index (χ2v) is 1.62. The fourth-order valence-electron chi connectivity index (χ4n) is 0.322. The van der Waals surface area contributed by atoms with E-state index in [1.54, 1.807) is 0 Å². The Labute approximate surface area is 59.7 Å². The average molecular weight is 150 g/mol. The van der Waals surface area contributed by atoms with Crippen LogP contribution in [0.4, 0.5) is 0 Å². The van der Waals surface area contributed by atoms with Crippen LogP contribution in [-0.4, -0.2) is 25.6 Å². The summed E-state index contributed by atoms with van der Waals surface area (Å²) in [7, 11) is 1.35. The van der Waals surface area contributed by atoms with Crippen molar-refractivity contribution in [3.8, 4) is 0 Å². The van der Waals surface area contributed by atoms with Crippen molar-refractivity contribution in [2.45, 2.75) is 6.42 Å². The number of carbonyl (C=O) groups is 1. The van der Waals surface area contributed by atoms with Crippen molar-refractivity contribution in [3.63, 3.8) is 0 Å². The number of rotatable bonds is 4. The molecule has 0 unspecified atom stereocenters. The normalized spacial score (nSPS) is 9.11. The fraction of sp³-hybridized carbons (Fsp3) is 0.800. The fourth-order valence-corrected chi connectivity index (χ4v) is 0.451. The average Bonchev–Trinajstić information content (AvgIpc) is 1.89. The van der Waals surface area contributed by atoms with Gasteiger partial charge in [0.1, 0.15) is 0 Å². The first-order chi connectivity index (χ1) is 4.31. The predicted octanol–water partition coefficient (Wildman–Crippen LogP) is 0.453. The summed E-state index contributed by atoms with van der Waals surface area (Å²) in [6, 6.07) is 0. The quantitative estimate of drug-likeness (QED) is 0.273. The van der Waals surface area contributed by atoms with E-state index in [1.165, 1.54) is 7.11 Å². The zero-order valence-electron chi connectivity index (χ0n) is 5.29. The van der Waals surface area contributed by atoms with Crippen molar-refractivity contribution >= 4 is 18.6 Å². The minimum absolute atomic E-state index is 0.253. The molecule has 0 aliphatic heterocycles. The lowest BCUT2D eigenvalue weighted by Gasteiger charge is -1.97. The Morgan fingerprint density at radius 1 is 1.67 bits per heavy atom. The molecule has 0 amide bonds. The molecule has 0 atom stereocenters. The maximum atomic E-state index is 10.4. The summed E-state index contributed by atoms with van der Waals surface area (Å²) in [6.45, 7) is 0.385. The zero-order chi connectivity index (χ0) is 7.11. The molecular formula is C5H10O3S. The van der Waals surface area contributed by atoms with Crippen LogP contribution in [0, 0.1) is 0 Å². The lowest BCUT2D eigenvalue weighted by molar-refractivity contribution is -0.141. The number of thiol groups is 1. The molecule has 0 heterocycles. The van der Waals surface area contributed by atoms with Gasteiger partial charge in [-0.25, -0.2) is 0 Å². The van der Waals surface area contributed by atoms with E-state index in [-0.39, 0.29) is 5.97 Å². The topological polar surface area (TPSA) is 35.5 Å². The third-order valence-corrected chi connectivity index (χ3v) is 0.952. The van der Waals surface area contributed by atoms with Gasteiger partial charge in [-0.1, -0.05) is 0 Å². The molecule has 0 aromatic carbocycles. The number of hydrogen-bond donors (Lipinski definition) is 1. The van der Waals surface area contributed by atoms with E-state index in [1.807, 2.05) is 0 Å². The summed E-state index contributed by atoms with van der Waals surface area (Å²) in [5, 5.41) is 0. The number of esters is 1. The van der Waals surface area contributed by atoms with Crippen LogP contribution in [0.15, 0.2) is 0 Å². The summed E-state index contributed by atoms with van der Waals surface area (Å²) in [6.07, 6.45) is 0.303. The Morgan fingerprint density at radius 3 is 2.78 bits per heavy atom. The van der Waals surface area contributed by atoms with Crippen LogP contribution in [0.3, 0.4) is 0 Å². The first-order valence-electron chi connectivity index (χ1n) is 2.56. The van der Waals surface area contributed by atoms with E-state index in [0.29, 0.717) is 19.0 Å². The van der Waals surface area contributed by atoms with Gasteiger partial charge < -0.3 is 9.47 Å². The smallest absolute Gasteiger partial charge is 0.307 e. The molecule has 0 spiro atoms. The SMILES string of the molecule is COC(=O)CCOCS. The Bertz CT molecular complexity index is 84.3. The maximum Gasteiger partial charge on any atom is 0.307 e. The van der Waals surface area contributed by atoms with Crippen molar-refractivity contribution in [2.75, 3.05) is 19.7 Å². The van der Waals surface area contributed by atoms with Crippen LogP contribution < -0.4 is 0 Å². The molecule has 0 fully saturated rings. The van der Waals surface area contributed by atoms with E-state index < -0.39 is 0 Å². The number of ether oxygens (including phenoxy) is 2. The molecule has 0 radical (unpaired) electrons. The van der Waals surface area contributed by atoms with Crippen LogP contribution in [0.5, 0.6) is 0 Å². The molecule has 0 saturated heterocycles. The number of hydrogen-bond acceptors (Lipinski definition) is 4. The third kappa shape index (κ3) is 5.65. The highest BCUT2D eigenvalue weighted by Gasteiger charge is 1.96. The Kier molecular flexibility index (Phi) is 5.76. The third-order valence-electron chi connectivity index (χ3n) is 0.769. The number of carbonyl (C=O) groups excluding carboxylic acids is 1. The molecule has 9 heavy (non-hydrogen) atoms. The highest BCUT2D eigenvalue weighted by atomic mass is 32.1. The molecule has 0 saturated carbocycles. The monoisotopic (exact) mass is 150 g/mol. The second-order valence-electron chi connectivity index (χ2n) is 1.36. The van der Waals surface area contributed by atoms with Crippen LogP contribution in [0.1, 0.15) is 6.42 Å². The lowest BCUT2D eigenvalue weighted by Crippen LogP contribution is -2.04. The van der Waals surface area contributed by atoms with Gasteiger partial charge in [0.05, 0.1) is 26.1 Å². The second kappa shape index (κ2) is 5.91. The molecule has 54 valence electrons. The Morgan fingerprint density at radius 2 is 2.33 bits per heavy atom. The van der Waals surface area contributed by atoms with Gasteiger partial charge in [-0.05, 0) is 0 Å². The minimum atomic E-state index is -0.253. The van der Waals surface area contributed by atoms with E-state index in [2.05, 4.69) is 17.4 Å². The highest BCUT2D eigenvalue weighted by Crippen LogP contribution is 1.86. The largest absolute Gasteiger partial charge is 0.469 e. The molecule has 0 rings (SSSR count). The summed E-state index contributed by atoms with van der Waals surface area (Å²) >= 11 is 3.78. The molecule has 0 aliphatic rings. The van der Waals surface area contributed by atoms with Crippen LogP contribution in [0.2, 0.25) is 0 Å². The molecular weight excluding hydrogens is 140 g/mol. The first-order valence-corrected chi connectivity index (χ1v) is 3.20. The molecule has 0 aliphatic carbocycles. The molecule has 0 aromatic heterocycles. The van der Waals surface area contributed by atoms with Crippen LogP contribution >= 0.6 is 12.6 Å². The van der Waals surface area contributed by atoms with E-state index in [4.69, 9.17) is 4.74 Å². The van der Waals surface area contributed by atoms with Crippen molar-refractivity contribution in [1.29, 1.82) is 0 Å². The zero-order valence-corrected chi connectivity index (χ0v) is 6.19. The summed E-state index contributed by atoms with van der Waals surface area (Å²) < 4.78 is 9.12. The van der Waals surface area contributed by atoms with E-state index >= 15 is 0 Å². The van der Waals surface area contributed by atoms with Gasteiger partial charge in [0.25, 0.3) is 0 Å². The van der Waals surface area contributed by atoms with Crippen molar-refractivity contribution in [3.05, 3.63) is 0 Å². The summed E-state index contributed by atoms with van der Waals surface area (Å²) in [5.74, 6) is 0.0913. The first kappa shape index (κ1) is 8.78. The Hall–Kier alpha value is -0.220. The minimum Gasteiger partial charge on any atom is -0.469 e. The van der Waals surface area contributed by atoms with Gasteiger partial charge in [0.15, 0.2) is 0 Å². The van der Waals surface area contributed by atoms with Gasteiger partial charge in [0.2, 0.25) is 0 Å². The van der Waals surface area contributed by atoms with Gasteiger partial charge in [-0.15, -0.1) is 0 Å². The van der Waals surface area contributed by atoms with Gasteiger partial charge >= 0.3 is 5.97 Å². The lowest BCUT2D eigenvalue weighted by atomic mass is 10.5. The maximum absolute atomic E-state index is 10.4. The van der Waals surface area contributed by atoms with Crippen molar-refractivity contribution < 1.29 is 14.3 Å². The van der Waals surface area contributed by atoms with Crippen LogP contribution in [0.25, 0.3) is 0 Å². The van der Waals surface area contributed by atoms with Gasteiger partial charge in [-0.3, -0.25) is 4.79 Å². The summed E-state index contributed by atoms with van der Waals surface area (Å²) in [4.78, 5) is 10.4. The van der Waals surface area contributed by atoms with Gasteiger partial charge in [-0.2, -0.15) is 12.6 Å². The van der Waals surface area contributed by atoms with Crippen LogP contribution in [-0.2, 0) is 14.3 Å². The molecule has 0 aromatic rings. The van der Waals surface area contributed by atoms with E-state index in [9.17, 15) is 4.79 Å². The Balaban J connectivity index is 2.97. The highest BCUT2D eigenvalue weighted by molar-refractivity contribution is 7.80. The molecule has 0 N–H and O–H groups in total. The number of methoxy groups -OCH3 is 1. The van der Waals surface area contributed by atoms with Crippen molar-refractivity contribution in [1.82, 2.24) is 0 Å². The van der Waals surface area contributed by atoms with Gasteiger partial charge in [0, 0.05) is 0 Å². The summed E-state index contributed by atoms with van der Waals surface area (Å²) in [5.41, 5.74) is 0. The van der Waals surface area contributed by atoms with Crippen molar-refractivity contribution in [2.24, 2.45) is 0 Å².